The Labute approximate surface area is 136 Å². The normalized spacial score (nSPS) is 12.8. The van der Waals surface area contributed by atoms with E-state index in [-0.39, 0.29) is 30.1 Å². The van der Waals surface area contributed by atoms with Crippen molar-refractivity contribution in [2.45, 2.75) is 39.0 Å². The van der Waals surface area contributed by atoms with Gasteiger partial charge in [-0.25, -0.2) is 4.98 Å². The summed E-state index contributed by atoms with van der Waals surface area (Å²) >= 11 is 3.08. The van der Waals surface area contributed by atoms with Crippen LogP contribution in [0.5, 0.6) is 5.88 Å². The highest BCUT2D eigenvalue weighted by Gasteiger charge is 2.18. The number of carbonyl (C=O) groups excluding carboxylic acids is 1. The Hall–Kier alpha value is -1.45. The third-order valence-corrected chi connectivity index (χ3v) is 3.02. The highest BCUT2D eigenvalue weighted by molar-refractivity contribution is 9.10. The number of nitrogens with zero attached hydrogens (tertiary/aromatic N) is 2. The fraction of sp³-hybridized carbons (Fsp3) is 0.615. The average molecular weight is 378 g/mol. The van der Waals surface area contributed by atoms with Crippen LogP contribution < -0.4 is 16.0 Å². The SMILES string of the molecule is CC(C)(C)OC(=O)Cn1cnc(OC[C@H](N)CO)c(Br)c1=O. The van der Waals surface area contributed by atoms with Crippen LogP contribution in [0.15, 0.2) is 15.6 Å². The molecule has 0 unspecified atom stereocenters. The van der Waals surface area contributed by atoms with Crippen molar-refractivity contribution in [2.75, 3.05) is 13.2 Å². The van der Waals surface area contributed by atoms with Crippen LogP contribution in [0.4, 0.5) is 0 Å². The fourth-order valence-electron chi connectivity index (χ4n) is 1.41. The molecular weight excluding hydrogens is 358 g/mol. The van der Waals surface area contributed by atoms with Gasteiger partial charge in [-0.2, -0.15) is 0 Å². The lowest BCUT2D eigenvalue weighted by atomic mass is 10.2. The largest absolute Gasteiger partial charge is 0.475 e. The first-order valence-corrected chi connectivity index (χ1v) is 7.39. The molecule has 0 spiro atoms. The van der Waals surface area contributed by atoms with Crippen LogP contribution in [0.1, 0.15) is 20.8 Å². The summed E-state index contributed by atoms with van der Waals surface area (Å²) in [5.74, 6) is -0.492. The van der Waals surface area contributed by atoms with E-state index in [2.05, 4.69) is 20.9 Å². The van der Waals surface area contributed by atoms with Gasteiger partial charge in [0.15, 0.2) is 0 Å². The summed E-state index contributed by atoms with van der Waals surface area (Å²) in [6.07, 6.45) is 1.19. The monoisotopic (exact) mass is 377 g/mol. The van der Waals surface area contributed by atoms with Crippen molar-refractivity contribution in [3.63, 3.8) is 0 Å². The number of aliphatic hydroxyl groups is 1. The van der Waals surface area contributed by atoms with E-state index in [0.717, 1.165) is 4.57 Å². The van der Waals surface area contributed by atoms with Gasteiger partial charge in [-0.1, -0.05) is 0 Å². The molecule has 0 bridgehead atoms. The highest BCUT2D eigenvalue weighted by Crippen LogP contribution is 2.17. The third-order valence-electron chi connectivity index (χ3n) is 2.34. The predicted octanol–water partition coefficient (Wildman–Crippen LogP) is 0.0459. The zero-order chi connectivity index (χ0) is 16.9. The van der Waals surface area contributed by atoms with E-state index in [9.17, 15) is 9.59 Å². The summed E-state index contributed by atoms with van der Waals surface area (Å²) in [4.78, 5) is 27.8. The number of hydrogen-bond donors (Lipinski definition) is 2. The zero-order valence-electron chi connectivity index (χ0n) is 12.7. The van der Waals surface area contributed by atoms with Gasteiger partial charge in [0.1, 0.15) is 29.6 Å². The van der Waals surface area contributed by atoms with Gasteiger partial charge in [-0.3, -0.25) is 14.2 Å². The number of aliphatic hydroxyl groups excluding tert-OH is 1. The van der Waals surface area contributed by atoms with E-state index < -0.39 is 23.2 Å². The minimum atomic E-state index is -0.630. The fourth-order valence-corrected chi connectivity index (χ4v) is 1.86. The summed E-state index contributed by atoms with van der Waals surface area (Å²) in [6, 6.07) is -0.571. The van der Waals surface area contributed by atoms with E-state index in [1.54, 1.807) is 20.8 Å². The Morgan fingerprint density at radius 2 is 2.18 bits per heavy atom. The van der Waals surface area contributed by atoms with E-state index in [1.165, 1.54) is 6.33 Å². The number of aromatic nitrogens is 2. The average Bonchev–Trinajstić information content (AvgIpc) is 2.40. The Morgan fingerprint density at radius 1 is 1.55 bits per heavy atom. The second kappa shape index (κ2) is 7.70. The minimum absolute atomic E-state index is 0.0115. The standard InChI is InChI=1S/C13H20BrN3O5/c1-13(2,3)22-9(19)4-17-7-16-11(10(14)12(17)20)21-6-8(15)5-18/h7-8,18H,4-6,15H2,1-3H3/t8-/m1/s1. The number of nitrogens with two attached hydrogens (primary N) is 1. The molecule has 3 N–H and O–H groups in total. The van der Waals surface area contributed by atoms with Gasteiger partial charge in [-0.15, -0.1) is 0 Å². The Morgan fingerprint density at radius 3 is 2.73 bits per heavy atom. The first-order chi connectivity index (χ1) is 10.1. The molecule has 0 aliphatic heterocycles. The van der Waals surface area contributed by atoms with E-state index in [0.29, 0.717) is 0 Å². The molecule has 8 nitrogen and oxygen atoms in total. The number of rotatable bonds is 6. The second-order valence-corrected chi connectivity index (χ2v) is 6.43. The van der Waals surface area contributed by atoms with Crippen molar-refractivity contribution >= 4 is 21.9 Å². The molecule has 1 aromatic rings. The molecule has 1 aromatic heterocycles. The Balaban J connectivity index is 2.82. The maximum atomic E-state index is 12.1. The summed E-state index contributed by atoms with van der Waals surface area (Å²) in [5, 5.41) is 8.82. The maximum Gasteiger partial charge on any atom is 0.326 e. The molecule has 0 aromatic carbocycles. The summed E-state index contributed by atoms with van der Waals surface area (Å²) in [7, 11) is 0. The van der Waals surface area contributed by atoms with Crippen LogP contribution in [0, 0.1) is 0 Å². The van der Waals surface area contributed by atoms with Crippen LogP contribution in [-0.2, 0) is 16.1 Å². The lowest BCUT2D eigenvalue weighted by Gasteiger charge is -2.19. The smallest absolute Gasteiger partial charge is 0.326 e. The summed E-state index contributed by atoms with van der Waals surface area (Å²) < 4.78 is 11.6. The molecule has 1 atom stereocenters. The molecule has 0 radical (unpaired) electrons. The maximum absolute atomic E-state index is 12.1. The predicted molar refractivity (Wildman–Crippen MR) is 82.6 cm³/mol. The molecule has 0 amide bonds. The molecule has 0 saturated carbocycles. The van der Waals surface area contributed by atoms with Crippen LogP contribution in [0.25, 0.3) is 0 Å². The van der Waals surface area contributed by atoms with Crippen LogP contribution in [-0.4, -0.2) is 45.5 Å². The molecule has 0 saturated heterocycles. The van der Waals surface area contributed by atoms with E-state index >= 15 is 0 Å². The van der Waals surface area contributed by atoms with Crippen molar-refractivity contribution in [1.29, 1.82) is 0 Å². The van der Waals surface area contributed by atoms with Crippen LogP contribution in [0.2, 0.25) is 0 Å². The number of halogens is 1. The number of ether oxygens (including phenoxy) is 2. The summed E-state index contributed by atoms with van der Waals surface area (Å²) in [6.45, 7) is 4.73. The molecule has 22 heavy (non-hydrogen) atoms. The van der Waals surface area contributed by atoms with Gasteiger partial charge in [0.25, 0.3) is 5.56 Å². The van der Waals surface area contributed by atoms with Crippen LogP contribution >= 0.6 is 15.9 Å². The molecule has 0 aliphatic carbocycles. The molecule has 0 fully saturated rings. The first kappa shape index (κ1) is 18.6. The van der Waals surface area contributed by atoms with Gasteiger partial charge in [0.05, 0.1) is 12.6 Å². The quantitative estimate of drug-likeness (QED) is 0.672. The second-order valence-electron chi connectivity index (χ2n) is 5.64. The van der Waals surface area contributed by atoms with Gasteiger partial charge in [0.2, 0.25) is 5.88 Å². The third kappa shape index (κ3) is 5.74. The Bertz CT molecular complexity index is 582. The lowest BCUT2D eigenvalue weighted by Crippen LogP contribution is -2.33. The highest BCUT2D eigenvalue weighted by atomic mass is 79.9. The topological polar surface area (TPSA) is 117 Å². The van der Waals surface area contributed by atoms with Crippen molar-refractivity contribution in [3.05, 3.63) is 21.2 Å². The zero-order valence-corrected chi connectivity index (χ0v) is 14.3. The van der Waals surface area contributed by atoms with Crippen molar-refractivity contribution < 1.29 is 19.4 Å². The van der Waals surface area contributed by atoms with Gasteiger partial charge in [-0.05, 0) is 36.7 Å². The molecule has 9 heteroatoms. The van der Waals surface area contributed by atoms with Crippen molar-refractivity contribution in [1.82, 2.24) is 9.55 Å². The number of hydrogen-bond acceptors (Lipinski definition) is 7. The van der Waals surface area contributed by atoms with Crippen molar-refractivity contribution in [3.8, 4) is 5.88 Å². The van der Waals surface area contributed by atoms with Crippen molar-refractivity contribution in [2.24, 2.45) is 5.73 Å². The van der Waals surface area contributed by atoms with Gasteiger partial charge in [0, 0.05) is 0 Å². The van der Waals surface area contributed by atoms with Gasteiger partial charge >= 0.3 is 5.97 Å². The summed E-state index contributed by atoms with van der Waals surface area (Å²) in [5.41, 5.74) is 4.39. The number of carbonyl (C=O) groups is 1. The molecule has 0 aliphatic rings. The van der Waals surface area contributed by atoms with E-state index in [1.807, 2.05) is 0 Å². The Kier molecular flexibility index (Phi) is 6.51. The molecular formula is C13H20BrN3O5. The molecule has 1 heterocycles. The molecule has 124 valence electrons. The first-order valence-electron chi connectivity index (χ1n) is 6.60. The minimum Gasteiger partial charge on any atom is -0.475 e. The molecule has 1 rings (SSSR count). The lowest BCUT2D eigenvalue weighted by molar-refractivity contribution is -0.155. The van der Waals surface area contributed by atoms with E-state index in [4.69, 9.17) is 20.3 Å². The van der Waals surface area contributed by atoms with Gasteiger partial charge < -0.3 is 20.3 Å². The van der Waals surface area contributed by atoms with Crippen LogP contribution in [0.3, 0.4) is 0 Å². The number of esters is 1.